The van der Waals surface area contributed by atoms with Crippen LogP contribution in [0.25, 0.3) is 0 Å². The summed E-state index contributed by atoms with van der Waals surface area (Å²) in [6.07, 6.45) is 3.11. The van der Waals surface area contributed by atoms with Gasteiger partial charge in [0.1, 0.15) is 0 Å². The van der Waals surface area contributed by atoms with Crippen LogP contribution in [0, 0.1) is 10.8 Å². The molecule has 0 radical (unpaired) electrons. The summed E-state index contributed by atoms with van der Waals surface area (Å²) in [5.41, 5.74) is 0.0999. The fourth-order valence-corrected chi connectivity index (χ4v) is 5.65. The van der Waals surface area contributed by atoms with E-state index in [1.807, 2.05) is 0 Å². The Morgan fingerprint density at radius 1 is 0.769 bits per heavy atom. The van der Waals surface area contributed by atoms with Crippen molar-refractivity contribution in [3.05, 3.63) is 0 Å². The van der Waals surface area contributed by atoms with Crippen molar-refractivity contribution in [2.45, 2.75) is 108 Å². The first-order chi connectivity index (χ1) is 11.2. The van der Waals surface area contributed by atoms with E-state index in [0.717, 1.165) is 25.9 Å². The van der Waals surface area contributed by atoms with E-state index in [-0.39, 0.29) is 30.4 Å². The molecule has 2 nitrogen and oxygen atoms in total. The molecule has 0 aromatic rings. The number of methoxy groups -OCH3 is 1. The van der Waals surface area contributed by atoms with Gasteiger partial charge < -0.3 is 9.47 Å². The maximum Gasteiger partial charge on any atom is 0.0786 e. The molecule has 0 spiro atoms. The Bertz CT molecular complexity index is 449. The molecular weight excluding hydrogens is 473 g/mol. The molecule has 0 bridgehead atoms. The first-order valence-corrected chi connectivity index (χ1v) is 11.9. The molecule has 0 aliphatic rings. The first kappa shape index (κ1) is 27.5. The highest BCUT2D eigenvalue weighted by Gasteiger charge is 2.43. The third-order valence-corrected chi connectivity index (χ3v) is 8.16. The first-order valence-electron chi connectivity index (χ1n) is 9.64. The Morgan fingerprint density at radius 2 is 1.23 bits per heavy atom. The Balaban J connectivity index is 4.97. The van der Waals surface area contributed by atoms with Gasteiger partial charge in [-0.2, -0.15) is 0 Å². The predicted molar refractivity (Wildman–Crippen MR) is 133 cm³/mol. The van der Waals surface area contributed by atoms with Crippen molar-refractivity contribution < 1.29 is 9.47 Å². The number of halogens is 1. The molecule has 0 aromatic carbocycles. The molecule has 0 fully saturated rings. The zero-order chi connectivity index (χ0) is 21.2. The predicted octanol–water partition coefficient (Wildman–Crippen LogP) is 7.09. The van der Waals surface area contributed by atoms with Crippen LogP contribution >= 0.6 is 41.1 Å². The zero-order valence-electron chi connectivity index (χ0n) is 19.2. The van der Waals surface area contributed by atoms with Gasteiger partial charge >= 0.3 is 0 Å². The van der Waals surface area contributed by atoms with Gasteiger partial charge in [-0.1, -0.05) is 71.1 Å². The summed E-state index contributed by atoms with van der Waals surface area (Å²) in [5, 5.41) is -0.155. The Hall–Kier alpha value is 1.51. The Morgan fingerprint density at radius 3 is 1.62 bits per heavy atom. The van der Waals surface area contributed by atoms with Gasteiger partial charge in [-0.25, -0.2) is 0 Å². The highest BCUT2D eigenvalue weighted by atomic mass is 127. The van der Waals surface area contributed by atoms with Crippen molar-refractivity contribution in [2.75, 3.05) is 13.7 Å². The van der Waals surface area contributed by atoms with Crippen molar-refractivity contribution >= 4 is 41.1 Å². The molecule has 0 saturated heterocycles. The lowest BCUT2D eigenvalue weighted by molar-refractivity contribution is -0.0721. The van der Waals surface area contributed by atoms with E-state index in [9.17, 15) is 0 Å². The standard InChI is InChI=1S/C21H45IO2P2/c1-16(2,17(3,4)14-21(10,26)23-11)12-13-24-19(7,8)20(9,25)15-18(5,6)22/h12-15,25-26H2,1-11H3. The molecule has 0 heterocycles. The minimum absolute atomic E-state index is 0.0338. The molecule has 0 rings (SSSR count). The second-order valence-electron chi connectivity index (χ2n) is 10.9. The van der Waals surface area contributed by atoms with Crippen LogP contribution in [0.2, 0.25) is 0 Å². The molecule has 4 atom stereocenters. The molecular formula is C21H45IO2P2. The van der Waals surface area contributed by atoms with Crippen LogP contribution in [-0.2, 0) is 9.47 Å². The lowest BCUT2D eigenvalue weighted by Gasteiger charge is -2.47. The Labute approximate surface area is 182 Å². The average molecular weight is 518 g/mol. The summed E-state index contributed by atoms with van der Waals surface area (Å²) in [6, 6.07) is 0. The summed E-state index contributed by atoms with van der Waals surface area (Å²) in [5.74, 6) is 0. The minimum atomic E-state index is -0.192. The summed E-state index contributed by atoms with van der Waals surface area (Å²) in [4.78, 5) is 0. The van der Waals surface area contributed by atoms with E-state index in [0.29, 0.717) is 0 Å². The second-order valence-corrected chi connectivity index (χ2v) is 16.3. The quantitative estimate of drug-likeness (QED) is 0.165. The van der Waals surface area contributed by atoms with E-state index in [2.05, 4.69) is 110 Å². The molecule has 26 heavy (non-hydrogen) atoms. The van der Waals surface area contributed by atoms with Crippen LogP contribution in [0.3, 0.4) is 0 Å². The van der Waals surface area contributed by atoms with Crippen molar-refractivity contribution in [2.24, 2.45) is 10.8 Å². The van der Waals surface area contributed by atoms with Crippen molar-refractivity contribution in [1.82, 2.24) is 0 Å². The van der Waals surface area contributed by atoms with Gasteiger partial charge in [0, 0.05) is 22.3 Å². The number of ether oxygens (including phenoxy) is 2. The Kier molecular flexibility index (Phi) is 9.64. The number of hydrogen-bond donors (Lipinski definition) is 0. The van der Waals surface area contributed by atoms with Gasteiger partial charge in [0.15, 0.2) is 0 Å². The lowest BCUT2D eigenvalue weighted by atomic mass is 9.63. The van der Waals surface area contributed by atoms with Gasteiger partial charge in [0.25, 0.3) is 0 Å². The summed E-state index contributed by atoms with van der Waals surface area (Å²) < 4.78 is 12.4. The third kappa shape index (κ3) is 8.48. The van der Waals surface area contributed by atoms with Crippen molar-refractivity contribution in [3.8, 4) is 0 Å². The topological polar surface area (TPSA) is 18.5 Å². The zero-order valence-corrected chi connectivity index (χ0v) is 23.6. The van der Waals surface area contributed by atoms with Gasteiger partial charge in [0.2, 0.25) is 0 Å². The molecule has 0 amide bonds. The van der Waals surface area contributed by atoms with Crippen LogP contribution in [-0.4, -0.2) is 33.2 Å². The molecule has 4 unspecified atom stereocenters. The van der Waals surface area contributed by atoms with E-state index >= 15 is 0 Å². The normalized spacial score (nSPS) is 19.2. The van der Waals surface area contributed by atoms with Gasteiger partial charge in [-0.15, -0.1) is 18.5 Å². The highest BCUT2D eigenvalue weighted by molar-refractivity contribution is 14.1. The third-order valence-electron chi connectivity index (χ3n) is 6.44. The SMILES string of the molecule is COC(C)(P)CC(C)(C)C(C)(C)CCOC(C)(C)C(C)(P)CC(C)(C)I. The summed E-state index contributed by atoms with van der Waals surface area (Å²) in [7, 11) is 7.70. The van der Waals surface area contributed by atoms with Gasteiger partial charge in [-0.3, -0.25) is 0 Å². The molecule has 0 aliphatic heterocycles. The minimum Gasteiger partial charge on any atom is -0.375 e. The largest absolute Gasteiger partial charge is 0.375 e. The maximum atomic E-state index is 6.47. The maximum absolute atomic E-state index is 6.47. The molecule has 0 aromatic heterocycles. The van der Waals surface area contributed by atoms with Crippen LogP contribution < -0.4 is 0 Å². The van der Waals surface area contributed by atoms with Crippen LogP contribution in [0.5, 0.6) is 0 Å². The molecule has 0 aliphatic carbocycles. The van der Waals surface area contributed by atoms with Crippen LogP contribution in [0.1, 0.15) is 88.5 Å². The highest BCUT2D eigenvalue weighted by Crippen LogP contribution is 2.49. The number of rotatable bonds is 11. The molecule has 158 valence electrons. The van der Waals surface area contributed by atoms with E-state index in [1.165, 1.54) is 0 Å². The van der Waals surface area contributed by atoms with Crippen LogP contribution in [0.4, 0.5) is 0 Å². The smallest absolute Gasteiger partial charge is 0.0786 e. The molecule has 5 heteroatoms. The number of hydrogen-bond acceptors (Lipinski definition) is 2. The second kappa shape index (κ2) is 9.11. The van der Waals surface area contributed by atoms with Gasteiger partial charge in [-0.05, 0) is 50.9 Å². The summed E-state index contributed by atoms with van der Waals surface area (Å²) >= 11 is 2.54. The van der Waals surface area contributed by atoms with Gasteiger partial charge in [0.05, 0.1) is 10.9 Å². The average Bonchev–Trinajstić information content (AvgIpc) is 2.33. The lowest BCUT2D eigenvalue weighted by Crippen LogP contribution is -2.48. The van der Waals surface area contributed by atoms with E-state index < -0.39 is 0 Å². The fraction of sp³-hybridized carbons (Fsp3) is 1.00. The van der Waals surface area contributed by atoms with E-state index in [4.69, 9.17) is 9.47 Å². The molecule has 0 N–H and O–H groups in total. The monoisotopic (exact) mass is 518 g/mol. The van der Waals surface area contributed by atoms with Crippen LogP contribution in [0.15, 0.2) is 0 Å². The number of alkyl halides is 1. The fourth-order valence-electron chi connectivity index (χ4n) is 3.34. The van der Waals surface area contributed by atoms with Crippen molar-refractivity contribution in [1.29, 1.82) is 0 Å². The van der Waals surface area contributed by atoms with E-state index in [1.54, 1.807) is 7.11 Å². The molecule has 0 saturated carbocycles. The van der Waals surface area contributed by atoms with Crippen molar-refractivity contribution in [3.63, 3.8) is 0 Å². The summed E-state index contributed by atoms with van der Waals surface area (Å²) in [6.45, 7) is 23.6.